The summed E-state index contributed by atoms with van der Waals surface area (Å²) in [6, 6.07) is 18.5. The molecule has 0 amide bonds. The Labute approximate surface area is 157 Å². The van der Waals surface area contributed by atoms with E-state index in [9.17, 15) is 4.79 Å². The maximum absolute atomic E-state index is 12.6. The van der Waals surface area contributed by atoms with E-state index in [1.807, 2.05) is 48.5 Å². The van der Waals surface area contributed by atoms with Crippen molar-refractivity contribution in [3.05, 3.63) is 82.2 Å². The van der Waals surface area contributed by atoms with Crippen LogP contribution in [-0.2, 0) is 0 Å². The van der Waals surface area contributed by atoms with Gasteiger partial charge in [0.2, 0.25) is 5.16 Å². The standard InChI is InChI=1S/C17H11ClN6OS/c18-15-14(11-19-23(16(15)25)12-7-3-1-4-8-12)26-17-20-21-22-24(17)13-9-5-2-6-10-13/h1-11H. The molecule has 2 aromatic carbocycles. The van der Waals surface area contributed by atoms with Crippen LogP contribution in [0.5, 0.6) is 0 Å². The molecule has 0 aliphatic heterocycles. The molecule has 0 aliphatic carbocycles. The third kappa shape index (κ3) is 3.12. The van der Waals surface area contributed by atoms with Gasteiger partial charge in [-0.1, -0.05) is 48.0 Å². The van der Waals surface area contributed by atoms with Crippen molar-refractivity contribution in [3.63, 3.8) is 0 Å². The second kappa shape index (κ2) is 7.11. The molecule has 0 unspecified atom stereocenters. The van der Waals surface area contributed by atoms with Gasteiger partial charge in [-0.25, -0.2) is 0 Å². The molecule has 2 aromatic heterocycles. The van der Waals surface area contributed by atoms with E-state index in [0.29, 0.717) is 15.7 Å². The third-order valence-corrected chi connectivity index (χ3v) is 4.97. The number of rotatable bonds is 4. The minimum absolute atomic E-state index is 0.0662. The fraction of sp³-hybridized carbons (Fsp3) is 0. The van der Waals surface area contributed by atoms with Gasteiger partial charge in [0, 0.05) is 0 Å². The van der Waals surface area contributed by atoms with Crippen molar-refractivity contribution >= 4 is 23.4 Å². The fourth-order valence-electron chi connectivity index (χ4n) is 2.31. The molecule has 2 heterocycles. The SMILES string of the molecule is O=c1c(Cl)c(Sc2nnnn2-c2ccccc2)cnn1-c1ccccc1. The van der Waals surface area contributed by atoms with Crippen molar-refractivity contribution < 1.29 is 0 Å². The molecule has 0 saturated heterocycles. The molecular weight excluding hydrogens is 372 g/mol. The summed E-state index contributed by atoms with van der Waals surface area (Å²) in [4.78, 5) is 13.1. The normalized spacial score (nSPS) is 10.8. The summed E-state index contributed by atoms with van der Waals surface area (Å²) in [5.41, 5.74) is 1.05. The molecule has 0 radical (unpaired) electrons. The van der Waals surface area contributed by atoms with Crippen LogP contribution < -0.4 is 5.56 Å². The quantitative estimate of drug-likeness (QED) is 0.540. The zero-order valence-electron chi connectivity index (χ0n) is 13.2. The fourth-order valence-corrected chi connectivity index (χ4v) is 3.34. The van der Waals surface area contributed by atoms with Crippen LogP contribution in [0.1, 0.15) is 0 Å². The Morgan fingerprint density at radius 1 is 0.885 bits per heavy atom. The first kappa shape index (κ1) is 16.5. The number of aromatic nitrogens is 6. The molecule has 0 bridgehead atoms. The molecule has 9 heteroatoms. The van der Waals surface area contributed by atoms with Gasteiger partial charge in [0.15, 0.2) is 0 Å². The number of halogens is 1. The lowest BCUT2D eigenvalue weighted by Crippen LogP contribution is -2.21. The first-order valence-corrected chi connectivity index (χ1v) is 8.78. The maximum Gasteiger partial charge on any atom is 0.291 e. The van der Waals surface area contributed by atoms with E-state index >= 15 is 0 Å². The number of hydrogen-bond donors (Lipinski definition) is 0. The van der Waals surface area contributed by atoms with Crippen LogP contribution in [0.4, 0.5) is 0 Å². The lowest BCUT2D eigenvalue weighted by Gasteiger charge is -2.08. The van der Waals surface area contributed by atoms with Crippen molar-refractivity contribution in [1.82, 2.24) is 30.0 Å². The van der Waals surface area contributed by atoms with Gasteiger partial charge in [-0.2, -0.15) is 14.5 Å². The molecule has 4 aromatic rings. The van der Waals surface area contributed by atoms with Crippen molar-refractivity contribution in [2.45, 2.75) is 10.1 Å². The predicted octanol–water partition coefficient (Wildman–Crippen LogP) is 3.01. The molecule has 0 atom stereocenters. The van der Waals surface area contributed by atoms with Crippen LogP contribution in [0.15, 0.2) is 81.7 Å². The van der Waals surface area contributed by atoms with Crippen molar-refractivity contribution in [1.29, 1.82) is 0 Å². The zero-order valence-corrected chi connectivity index (χ0v) is 14.8. The molecule has 0 saturated carbocycles. The number of hydrogen-bond acceptors (Lipinski definition) is 6. The smallest absolute Gasteiger partial charge is 0.266 e. The Hall–Kier alpha value is -2.97. The van der Waals surface area contributed by atoms with Gasteiger partial charge in [0.05, 0.1) is 22.5 Å². The molecule has 0 fully saturated rings. The number of tetrazole rings is 1. The predicted molar refractivity (Wildman–Crippen MR) is 98.1 cm³/mol. The Kier molecular flexibility index (Phi) is 4.51. The van der Waals surface area contributed by atoms with Crippen molar-refractivity contribution in [2.75, 3.05) is 0 Å². The van der Waals surface area contributed by atoms with E-state index in [4.69, 9.17) is 11.6 Å². The van der Waals surface area contributed by atoms with Gasteiger partial charge < -0.3 is 0 Å². The summed E-state index contributed by atoms with van der Waals surface area (Å²) < 4.78 is 2.83. The number of benzene rings is 2. The van der Waals surface area contributed by atoms with Crippen LogP contribution in [-0.4, -0.2) is 30.0 Å². The van der Waals surface area contributed by atoms with Gasteiger partial charge in [0.1, 0.15) is 5.02 Å². The van der Waals surface area contributed by atoms with E-state index in [2.05, 4.69) is 20.6 Å². The van der Waals surface area contributed by atoms with Gasteiger partial charge >= 0.3 is 0 Å². The third-order valence-electron chi connectivity index (χ3n) is 3.53. The van der Waals surface area contributed by atoms with Crippen LogP contribution >= 0.6 is 23.4 Å². The number of nitrogens with zero attached hydrogens (tertiary/aromatic N) is 6. The second-order valence-corrected chi connectivity index (χ2v) is 6.57. The highest BCUT2D eigenvalue weighted by atomic mass is 35.5. The lowest BCUT2D eigenvalue weighted by molar-refractivity contribution is 0.755. The van der Waals surface area contributed by atoms with Crippen LogP contribution in [0.2, 0.25) is 5.02 Å². The lowest BCUT2D eigenvalue weighted by atomic mass is 10.3. The second-order valence-electron chi connectivity index (χ2n) is 5.19. The molecule has 7 nitrogen and oxygen atoms in total. The first-order chi connectivity index (χ1) is 12.7. The Balaban J connectivity index is 1.70. The molecule has 128 valence electrons. The monoisotopic (exact) mass is 382 g/mol. The summed E-state index contributed by atoms with van der Waals surface area (Å²) in [5, 5.41) is 16.5. The molecule has 26 heavy (non-hydrogen) atoms. The van der Waals surface area contributed by atoms with E-state index < -0.39 is 5.56 Å². The molecule has 0 aliphatic rings. The minimum atomic E-state index is -0.401. The highest BCUT2D eigenvalue weighted by molar-refractivity contribution is 7.99. The van der Waals surface area contributed by atoms with Crippen LogP contribution in [0, 0.1) is 0 Å². The highest BCUT2D eigenvalue weighted by Gasteiger charge is 2.16. The van der Waals surface area contributed by atoms with Gasteiger partial charge in [-0.05, 0) is 46.5 Å². The molecule has 0 N–H and O–H groups in total. The van der Waals surface area contributed by atoms with Crippen LogP contribution in [0.25, 0.3) is 11.4 Å². The topological polar surface area (TPSA) is 78.5 Å². The molecule has 0 spiro atoms. The Bertz CT molecular complexity index is 1100. The Morgan fingerprint density at radius 2 is 1.50 bits per heavy atom. The average Bonchev–Trinajstić information content (AvgIpc) is 3.15. The van der Waals surface area contributed by atoms with Crippen LogP contribution in [0.3, 0.4) is 0 Å². The van der Waals surface area contributed by atoms with E-state index in [1.54, 1.807) is 16.8 Å². The summed E-state index contributed by atoms with van der Waals surface area (Å²) in [7, 11) is 0. The minimum Gasteiger partial charge on any atom is -0.266 e. The Morgan fingerprint density at radius 3 is 2.15 bits per heavy atom. The summed E-state index contributed by atoms with van der Waals surface area (Å²) in [6.07, 6.45) is 1.53. The molecule has 4 rings (SSSR count). The summed E-state index contributed by atoms with van der Waals surface area (Å²) in [6.45, 7) is 0. The van der Waals surface area contributed by atoms with Gasteiger partial charge in [-0.3, -0.25) is 4.79 Å². The van der Waals surface area contributed by atoms with Crippen molar-refractivity contribution in [3.8, 4) is 11.4 Å². The van der Waals surface area contributed by atoms with E-state index in [1.165, 1.54) is 22.6 Å². The maximum atomic E-state index is 12.6. The average molecular weight is 383 g/mol. The van der Waals surface area contributed by atoms with Gasteiger partial charge in [0.25, 0.3) is 5.56 Å². The zero-order chi connectivity index (χ0) is 17.9. The summed E-state index contributed by atoms with van der Waals surface area (Å²) in [5.74, 6) is 0. The van der Waals surface area contributed by atoms with E-state index in [-0.39, 0.29) is 5.02 Å². The summed E-state index contributed by atoms with van der Waals surface area (Å²) >= 11 is 7.47. The van der Waals surface area contributed by atoms with E-state index in [0.717, 1.165) is 5.69 Å². The van der Waals surface area contributed by atoms with Crippen molar-refractivity contribution in [2.24, 2.45) is 0 Å². The number of para-hydroxylation sites is 2. The highest BCUT2D eigenvalue weighted by Crippen LogP contribution is 2.30. The largest absolute Gasteiger partial charge is 0.291 e. The molecular formula is C17H11ClN6OS. The first-order valence-electron chi connectivity index (χ1n) is 7.59. The van der Waals surface area contributed by atoms with Gasteiger partial charge in [-0.15, -0.1) is 5.10 Å².